The molecule has 1 aliphatic rings. The summed E-state index contributed by atoms with van der Waals surface area (Å²) < 4.78 is 13.3. The minimum absolute atomic E-state index is 0. The zero-order chi connectivity index (χ0) is 20.5. The first-order chi connectivity index (χ1) is 14.8. The van der Waals surface area contributed by atoms with Crippen LogP contribution in [0.4, 0.5) is 0 Å². The Morgan fingerprint density at radius 1 is 0.903 bits per heavy atom. The molecule has 0 aliphatic carbocycles. The molecule has 0 amide bonds. The van der Waals surface area contributed by atoms with Crippen LogP contribution in [0.25, 0.3) is 27.7 Å². The molecule has 2 aromatic carbocycles. The summed E-state index contributed by atoms with van der Waals surface area (Å²) in [6, 6.07) is 16.7. The molecule has 0 radical (unpaired) electrons. The molecule has 0 atom stereocenters. The van der Waals surface area contributed by atoms with Crippen LogP contribution >= 0.6 is 0 Å². The van der Waals surface area contributed by atoms with Crippen molar-refractivity contribution in [3.05, 3.63) is 60.4 Å². The van der Waals surface area contributed by atoms with E-state index in [9.17, 15) is 0 Å². The summed E-state index contributed by atoms with van der Waals surface area (Å²) in [5.74, 6) is 1.45. The van der Waals surface area contributed by atoms with Gasteiger partial charge in [0.2, 0.25) is 0 Å². The van der Waals surface area contributed by atoms with Gasteiger partial charge in [-0.15, -0.1) is 0 Å². The van der Waals surface area contributed by atoms with Crippen LogP contribution in [0, 0.1) is 0 Å². The maximum atomic E-state index is 5.56. The fraction of sp³-hybridized carbons (Fsp3) is 0.320. The molecule has 2 aromatic heterocycles. The van der Waals surface area contributed by atoms with Gasteiger partial charge in [-0.3, -0.25) is 4.90 Å². The largest absolute Gasteiger partial charge is 1.00 e. The fourth-order valence-corrected chi connectivity index (χ4v) is 4.51. The Hall–Kier alpha value is -2.76. The second-order valence-corrected chi connectivity index (χ2v) is 7.91. The number of pyridine rings is 1. The van der Waals surface area contributed by atoms with E-state index in [1.807, 2.05) is 12.1 Å². The van der Waals surface area contributed by atoms with Crippen molar-refractivity contribution in [1.29, 1.82) is 0 Å². The lowest BCUT2D eigenvalue weighted by molar-refractivity contribution is -0.00000659. The van der Waals surface area contributed by atoms with Gasteiger partial charge in [-0.25, -0.2) is 4.98 Å². The number of likely N-dealkylation sites (tertiary alicyclic amines) is 1. The number of benzene rings is 2. The minimum Gasteiger partial charge on any atom is -1.00 e. The van der Waals surface area contributed by atoms with Crippen LogP contribution in [0.2, 0.25) is 0 Å². The van der Waals surface area contributed by atoms with E-state index < -0.39 is 0 Å². The van der Waals surface area contributed by atoms with Crippen molar-refractivity contribution in [2.24, 2.45) is 0 Å². The molecular formula is C25H27ClN3O2-. The van der Waals surface area contributed by atoms with Gasteiger partial charge in [0, 0.05) is 23.7 Å². The van der Waals surface area contributed by atoms with Crippen LogP contribution in [0.15, 0.2) is 54.7 Å². The number of aromatic nitrogens is 2. The first kappa shape index (κ1) is 21.5. The van der Waals surface area contributed by atoms with E-state index in [1.54, 1.807) is 14.2 Å². The van der Waals surface area contributed by atoms with E-state index in [-0.39, 0.29) is 12.4 Å². The van der Waals surface area contributed by atoms with Crippen LogP contribution in [0.1, 0.15) is 25.0 Å². The summed E-state index contributed by atoms with van der Waals surface area (Å²) in [7, 11) is 3.34. The van der Waals surface area contributed by atoms with Crippen molar-refractivity contribution < 1.29 is 21.9 Å². The number of ether oxygens (including phenoxy) is 2. The van der Waals surface area contributed by atoms with Crippen LogP contribution in [-0.2, 0) is 6.54 Å². The Morgan fingerprint density at radius 3 is 2.45 bits per heavy atom. The molecule has 5 rings (SSSR count). The van der Waals surface area contributed by atoms with Gasteiger partial charge in [-0.1, -0.05) is 30.7 Å². The molecule has 0 unspecified atom stereocenters. The number of imidazole rings is 1. The predicted molar refractivity (Wildman–Crippen MR) is 120 cm³/mol. The smallest absolute Gasteiger partial charge is 0.161 e. The van der Waals surface area contributed by atoms with Crippen molar-refractivity contribution in [2.75, 3.05) is 27.3 Å². The quantitative estimate of drug-likeness (QED) is 0.480. The first-order valence-electron chi connectivity index (χ1n) is 10.6. The fourth-order valence-electron chi connectivity index (χ4n) is 4.51. The molecule has 1 fully saturated rings. The van der Waals surface area contributed by atoms with E-state index in [1.165, 1.54) is 35.7 Å². The zero-order valence-corrected chi connectivity index (χ0v) is 18.7. The van der Waals surface area contributed by atoms with Gasteiger partial charge in [0.05, 0.1) is 25.6 Å². The highest BCUT2D eigenvalue weighted by Gasteiger charge is 2.20. The monoisotopic (exact) mass is 436 g/mol. The van der Waals surface area contributed by atoms with Crippen LogP contribution in [0.5, 0.6) is 11.5 Å². The maximum absolute atomic E-state index is 5.56. The molecule has 6 heteroatoms. The highest BCUT2D eigenvalue weighted by molar-refractivity contribution is 5.95. The van der Waals surface area contributed by atoms with Crippen LogP contribution in [-0.4, -0.2) is 41.6 Å². The number of rotatable bonds is 5. The van der Waals surface area contributed by atoms with Gasteiger partial charge in [0.15, 0.2) is 11.5 Å². The number of nitrogens with zero attached hydrogens (tertiary/aromatic N) is 3. The topological polar surface area (TPSA) is 39.0 Å². The molecule has 162 valence electrons. The average molecular weight is 437 g/mol. The third-order valence-electron chi connectivity index (χ3n) is 6.09. The van der Waals surface area contributed by atoms with Crippen molar-refractivity contribution in [1.82, 2.24) is 14.3 Å². The number of hydrogen-bond acceptors (Lipinski definition) is 4. The number of piperidine rings is 1. The van der Waals surface area contributed by atoms with Gasteiger partial charge in [-0.05, 0) is 55.6 Å². The SMILES string of the molecule is COc1ccc(-c2nc3c4ccccc4ccn3c2CN2CCCCC2)cc1OC.[Cl-]. The van der Waals surface area contributed by atoms with Crippen molar-refractivity contribution in [3.8, 4) is 22.8 Å². The Balaban J connectivity index is 0.00000231. The van der Waals surface area contributed by atoms with Gasteiger partial charge < -0.3 is 26.3 Å². The summed E-state index contributed by atoms with van der Waals surface area (Å²) in [5.41, 5.74) is 4.29. The number of fused-ring (bicyclic) bond motifs is 3. The lowest BCUT2D eigenvalue weighted by Gasteiger charge is -2.26. The lowest BCUT2D eigenvalue weighted by atomic mass is 10.1. The molecule has 5 nitrogen and oxygen atoms in total. The molecule has 0 spiro atoms. The number of methoxy groups -OCH3 is 2. The van der Waals surface area contributed by atoms with Gasteiger partial charge in [0.25, 0.3) is 0 Å². The van der Waals surface area contributed by atoms with Crippen molar-refractivity contribution in [3.63, 3.8) is 0 Å². The van der Waals surface area contributed by atoms with Gasteiger partial charge in [0.1, 0.15) is 5.65 Å². The Morgan fingerprint density at radius 2 is 1.68 bits per heavy atom. The molecule has 0 bridgehead atoms. The van der Waals surface area contributed by atoms with E-state index in [4.69, 9.17) is 14.5 Å². The van der Waals surface area contributed by atoms with Crippen molar-refractivity contribution >= 4 is 16.4 Å². The lowest BCUT2D eigenvalue weighted by Crippen LogP contribution is -3.00. The summed E-state index contributed by atoms with van der Waals surface area (Å²) in [6.07, 6.45) is 6.03. The molecule has 4 aromatic rings. The van der Waals surface area contributed by atoms with Crippen molar-refractivity contribution in [2.45, 2.75) is 25.8 Å². The van der Waals surface area contributed by atoms with Gasteiger partial charge in [-0.2, -0.15) is 0 Å². The van der Waals surface area contributed by atoms with Gasteiger partial charge >= 0.3 is 0 Å². The summed E-state index contributed by atoms with van der Waals surface area (Å²) in [5, 5.41) is 2.38. The summed E-state index contributed by atoms with van der Waals surface area (Å²) >= 11 is 0. The van der Waals surface area contributed by atoms with E-state index in [2.05, 4.69) is 51.9 Å². The maximum Gasteiger partial charge on any atom is 0.161 e. The van der Waals surface area contributed by atoms with Crippen LogP contribution in [0.3, 0.4) is 0 Å². The standard InChI is InChI=1S/C25H27N3O2.ClH/c1-29-22-11-10-19(16-23(22)30-2)24-21(17-27-13-6-3-7-14-27)28-15-12-18-8-4-5-9-20(18)25(28)26-24;/h4-5,8-12,15-16H,3,6-7,13-14,17H2,1-2H3;1H/p-1. The van der Waals surface area contributed by atoms with E-state index in [0.29, 0.717) is 0 Å². The van der Waals surface area contributed by atoms with Crippen LogP contribution < -0.4 is 21.9 Å². The normalized spacial score (nSPS) is 14.5. The van der Waals surface area contributed by atoms with E-state index >= 15 is 0 Å². The first-order valence-corrected chi connectivity index (χ1v) is 10.6. The number of halogens is 1. The number of hydrogen-bond donors (Lipinski definition) is 0. The molecule has 3 heterocycles. The molecule has 1 aliphatic heterocycles. The Kier molecular flexibility index (Phi) is 6.35. The third kappa shape index (κ3) is 3.95. The molecule has 31 heavy (non-hydrogen) atoms. The Labute approximate surface area is 189 Å². The zero-order valence-electron chi connectivity index (χ0n) is 18.0. The molecule has 1 saturated heterocycles. The van der Waals surface area contributed by atoms with E-state index in [0.717, 1.165) is 48.0 Å². The molecular weight excluding hydrogens is 410 g/mol. The summed E-state index contributed by atoms with van der Waals surface area (Å²) in [4.78, 5) is 7.70. The predicted octanol–water partition coefficient (Wildman–Crippen LogP) is 2.16. The average Bonchev–Trinajstić information content (AvgIpc) is 3.18. The third-order valence-corrected chi connectivity index (χ3v) is 6.09. The Bertz CT molecular complexity index is 1200. The minimum atomic E-state index is 0. The summed E-state index contributed by atoms with van der Waals surface area (Å²) in [6.45, 7) is 3.18. The molecule has 0 saturated carbocycles. The second kappa shape index (κ2) is 9.16. The highest BCUT2D eigenvalue weighted by Crippen LogP contribution is 2.35. The second-order valence-electron chi connectivity index (χ2n) is 7.91. The molecule has 0 N–H and O–H groups in total. The highest BCUT2D eigenvalue weighted by atomic mass is 35.5.